The second-order valence-corrected chi connectivity index (χ2v) is 3.58. The molecule has 0 saturated carbocycles. The maximum Gasteiger partial charge on any atom is 0.271 e. The minimum atomic E-state index is -0.487. The minimum absolute atomic E-state index is 0.0104. The van der Waals surface area contributed by atoms with Crippen molar-refractivity contribution in [3.8, 4) is 5.75 Å². The molecule has 1 saturated heterocycles. The van der Waals surface area contributed by atoms with E-state index < -0.39 is 4.92 Å². The molecule has 1 fully saturated rings. The summed E-state index contributed by atoms with van der Waals surface area (Å²) in [7, 11) is 0. The Morgan fingerprint density at radius 3 is 2.94 bits per heavy atom. The van der Waals surface area contributed by atoms with Gasteiger partial charge in [-0.15, -0.1) is 0 Å². The van der Waals surface area contributed by atoms with Crippen LogP contribution >= 0.6 is 0 Å². The van der Waals surface area contributed by atoms with E-state index in [1.807, 2.05) is 0 Å². The molecular formula is C10H12N2O4. The van der Waals surface area contributed by atoms with Crippen molar-refractivity contribution < 1.29 is 14.4 Å². The van der Waals surface area contributed by atoms with Crippen molar-refractivity contribution in [2.75, 3.05) is 18.9 Å². The first-order valence-electron chi connectivity index (χ1n) is 4.95. The SMILES string of the molecule is Nc1cc([N+](=O)[O-])ccc1OC1CCOC1. The van der Waals surface area contributed by atoms with Gasteiger partial charge < -0.3 is 15.2 Å². The van der Waals surface area contributed by atoms with Crippen molar-refractivity contribution in [3.63, 3.8) is 0 Å². The molecule has 86 valence electrons. The Hall–Kier alpha value is -1.82. The van der Waals surface area contributed by atoms with E-state index in [-0.39, 0.29) is 17.5 Å². The third-order valence-corrected chi connectivity index (χ3v) is 2.39. The Bertz CT molecular complexity index is 402. The summed E-state index contributed by atoms with van der Waals surface area (Å²) >= 11 is 0. The van der Waals surface area contributed by atoms with E-state index in [4.69, 9.17) is 15.2 Å². The normalized spacial score (nSPS) is 19.6. The number of nitrogens with zero attached hydrogens (tertiary/aromatic N) is 1. The third kappa shape index (κ3) is 2.22. The maximum atomic E-state index is 10.5. The lowest BCUT2D eigenvalue weighted by Crippen LogP contribution is -2.16. The summed E-state index contributed by atoms with van der Waals surface area (Å²) < 4.78 is 10.7. The highest BCUT2D eigenvalue weighted by Gasteiger charge is 2.19. The van der Waals surface area contributed by atoms with Crippen LogP contribution in [0.4, 0.5) is 11.4 Å². The maximum absolute atomic E-state index is 10.5. The molecule has 1 aliphatic heterocycles. The summed E-state index contributed by atoms with van der Waals surface area (Å²) in [6.45, 7) is 1.22. The zero-order valence-corrected chi connectivity index (χ0v) is 8.59. The predicted octanol–water partition coefficient (Wildman–Crippen LogP) is 1.34. The zero-order chi connectivity index (χ0) is 11.5. The van der Waals surface area contributed by atoms with Gasteiger partial charge >= 0.3 is 0 Å². The van der Waals surface area contributed by atoms with Crippen molar-refractivity contribution in [2.24, 2.45) is 0 Å². The molecule has 6 heteroatoms. The van der Waals surface area contributed by atoms with E-state index in [1.54, 1.807) is 0 Å². The molecule has 0 bridgehead atoms. The van der Waals surface area contributed by atoms with Crippen molar-refractivity contribution in [3.05, 3.63) is 28.3 Å². The number of nitro groups is 1. The van der Waals surface area contributed by atoms with Gasteiger partial charge in [0.25, 0.3) is 5.69 Å². The molecule has 0 spiro atoms. The number of nitrogens with two attached hydrogens (primary N) is 1. The van der Waals surface area contributed by atoms with Crippen LogP contribution < -0.4 is 10.5 Å². The third-order valence-electron chi connectivity index (χ3n) is 2.39. The summed E-state index contributed by atoms with van der Waals surface area (Å²) in [5.74, 6) is 0.473. The van der Waals surface area contributed by atoms with Gasteiger partial charge in [-0.3, -0.25) is 10.1 Å². The van der Waals surface area contributed by atoms with Crippen molar-refractivity contribution in [2.45, 2.75) is 12.5 Å². The number of non-ortho nitro benzene ring substituents is 1. The van der Waals surface area contributed by atoms with Gasteiger partial charge in [0.15, 0.2) is 0 Å². The van der Waals surface area contributed by atoms with Crippen LogP contribution in [0.5, 0.6) is 5.75 Å². The molecule has 1 heterocycles. The molecule has 1 aromatic carbocycles. The van der Waals surface area contributed by atoms with Crippen LogP contribution in [0.25, 0.3) is 0 Å². The number of hydrogen-bond donors (Lipinski definition) is 1. The zero-order valence-electron chi connectivity index (χ0n) is 8.59. The van der Waals surface area contributed by atoms with Crippen LogP contribution in [0.1, 0.15) is 6.42 Å². The Balaban J connectivity index is 2.12. The van der Waals surface area contributed by atoms with Crippen LogP contribution in [0, 0.1) is 10.1 Å². The second-order valence-electron chi connectivity index (χ2n) is 3.58. The van der Waals surface area contributed by atoms with Crippen LogP contribution in [0.15, 0.2) is 18.2 Å². The molecule has 2 N–H and O–H groups in total. The average Bonchev–Trinajstić information content (AvgIpc) is 2.73. The van der Waals surface area contributed by atoms with Gasteiger partial charge in [-0.25, -0.2) is 0 Å². The molecule has 2 rings (SSSR count). The monoisotopic (exact) mass is 224 g/mol. The van der Waals surface area contributed by atoms with Gasteiger partial charge in [0.1, 0.15) is 11.9 Å². The quantitative estimate of drug-likeness (QED) is 0.475. The Kier molecular flexibility index (Phi) is 2.91. The van der Waals surface area contributed by atoms with Crippen molar-refractivity contribution in [1.82, 2.24) is 0 Å². The fourth-order valence-electron chi connectivity index (χ4n) is 1.54. The molecule has 0 aliphatic carbocycles. The Labute approximate surface area is 92.1 Å². The molecule has 6 nitrogen and oxygen atoms in total. The van der Waals surface area contributed by atoms with E-state index in [1.165, 1.54) is 18.2 Å². The molecule has 1 unspecified atom stereocenters. The lowest BCUT2D eigenvalue weighted by atomic mass is 10.2. The number of benzene rings is 1. The largest absolute Gasteiger partial charge is 0.486 e. The van der Waals surface area contributed by atoms with Gasteiger partial charge in [0, 0.05) is 18.6 Å². The number of anilines is 1. The summed E-state index contributed by atoms with van der Waals surface area (Å²) in [5, 5.41) is 10.5. The van der Waals surface area contributed by atoms with Crippen LogP contribution in [0.3, 0.4) is 0 Å². The number of rotatable bonds is 3. The van der Waals surface area contributed by atoms with E-state index >= 15 is 0 Å². The lowest BCUT2D eigenvalue weighted by Gasteiger charge is -2.13. The highest BCUT2D eigenvalue weighted by atomic mass is 16.6. The molecule has 1 atom stereocenters. The highest BCUT2D eigenvalue weighted by Crippen LogP contribution is 2.28. The molecule has 1 aliphatic rings. The molecule has 0 amide bonds. The smallest absolute Gasteiger partial charge is 0.271 e. The lowest BCUT2D eigenvalue weighted by molar-refractivity contribution is -0.384. The van der Waals surface area contributed by atoms with Gasteiger partial charge in [0.2, 0.25) is 0 Å². The second kappa shape index (κ2) is 4.36. The first-order valence-corrected chi connectivity index (χ1v) is 4.95. The van der Waals surface area contributed by atoms with E-state index in [0.29, 0.717) is 19.0 Å². The fraction of sp³-hybridized carbons (Fsp3) is 0.400. The Morgan fingerprint density at radius 1 is 1.56 bits per heavy atom. The van der Waals surface area contributed by atoms with Crippen LogP contribution in [-0.2, 0) is 4.74 Å². The topological polar surface area (TPSA) is 87.6 Å². The standard InChI is InChI=1S/C10H12N2O4/c11-9-5-7(12(13)14)1-2-10(9)16-8-3-4-15-6-8/h1-2,5,8H,3-4,6,11H2. The van der Waals surface area contributed by atoms with E-state index in [0.717, 1.165) is 6.42 Å². The minimum Gasteiger partial charge on any atom is -0.486 e. The highest BCUT2D eigenvalue weighted by molar-refractivity contribution is 5.58. The summed E-state index contributed by atoms with van der Waals surface area (Å²) in [4.78, 5) is 10.0. The summed E-state index contributed by atoms with van der Waals surface area (Å²) in [5.41, 5.74) is 5.91. The van der Waals surface area contributed by atoms with Gasteiger partial charge in [-0.1, -0.05) is 0 Å². The number of nitrogen functional groups attached to an aromatic ring is 1. The number of ether oxygens (including phenoxy) is 2. The molecule has 1 aromatic rings. The number of hydrogen-bond acceptors (Lipinski definition) is 5. The van der Waals surface area contributed by atoms with Gasteiger partial charge in [-0.2, -0.15) is 0 Å². The molecule has 16 heavy (non-hydrogen) atoms. The van der Waals surface area contributed by atoms with E-state index in [9.17, 15) is 10.1 Å². The van der Waals surface area contributed by atoms with Gasteiger partial charge in [0.05, 0.1) is 23.8 Å². The average molecular weight is 224 g/mol. The number of nitro benzene ring substituents is 1. The van der Waals surface area contributed by atoms with Crippen LogP contribution in [0.2, 0.25) is 0 Å². The molecule has 0 aromatic heterocycles. The van der Waals surface area contributed by atoms with Crippen LogP contribution in [-0.4, -0.2) is 24.2 Å². The summed E-state index contributed by atoms with van der Waals surface area (Å²) in [6.07, 6.45) is 0.805. The van der Waals surface area contributed by atoms with Gasteiger partial charge in [-0.05, 0) is 6.07 Å². The molecular weight excluding hydrogens is 212 g/mol. The van der Waals surface area contributed by atoms with Crippen molar-refractivity contribution in [1.29, 1.82) is 0 Å². The molecule has 0 radical (unpaired) electrons. The van der Waals surface area contributed by atoms with E-state index in [2.05, 4.69) is 0 Å². The fourth-order valence-corrected chi connectivity index (χ4v) is 1.54. The Morgan fingerprint density at radius 2 is 2.38 bits per heavy atom. The predicted molar refractivity (Wildman–Crippen MR) is 57.4 cm³/mol. The first kappa shape index (κ1) is 10.7. The first-order chi connectivity index (χ1) is 7.66. The van der Waals surface area contributed by atoms with Crippen molar-refractivity contribution >= 4 is 11.4 Å². The summed E-state index contributed by atoms with van der Waals surface area (Å²) in [6, 6.07) is 4.19.